The molecule has 29 heavy (non-hydrogen) atoms. The van der Waals surface area contributed by atoms with Gasteiger partial charge in [0.1, 0.15) is 19.2 Å². The standard InChI is InChI=1S/C21H25N5O3/c1-14(15-7-9-16(10-8-15)26-13-22-12-23-26)24(2)19(27)11-25-20(28)17-5-3-4-6-18(17)21(25)29/h7-10,12-14,17-18H,3-6,11H2,1-2H3/t14-,17-,18+/m1/s1. The van der Waals surface area contributed by atoms with Crippen LogP contribution in [0, 0.1) is 11.8 Å². The molecule has 1 aromatic heterocycles. The van der Waals surface area contributed by atoms with E-state index in [9.17, 15) is 14.4 Å². The molecular weight excluding hydrogens is 370 g/mol. The van der Waals surface area contributed by atoms with Crippen molar-refractivity contribution >= 4 is 17.7 Å². The third kappa shape index (κ3) is 3.54. The lowest BCUT2D eigenvalue weighted by Crippen LogP contribution is -2.42. The van der Waals surface area contributed by atoms with E-state index >= 15 is 0 Å². The molecule has 0 bridgehead atoms. The fourth-order valence-corrected chi connectivity index (χ4v) is 4.32. The van der Waals surface area contributed by atoms with Crippen LogP contribution < -0.4 is 0 Å². The van der Waals surface area contributed by atoms with E-state index in [1.54, 1.807) is 23.0 Å². The van der Waals surface area contributed by atoms with Crippen molar-refractivity contribution in [2.24, 2.45) is 11.8 Å². The molecule has 8 heteroatoms. The maximum absolute atomic E-state index is 12.8. The van der Waals surface area contributed by atoms with Crippen LogP contribution in [0.4, 0.5) is 0 Å². The molecule has 0 unspecified atom stereocenters. The summed E-state index contributed by atoms with van der Waals surface area (Å²) in [5.74, 6) is -1.04. The summed E-state index contributed by atoms with van der Waals surface area (Å²) < 4.78 is 1.66. The van der Waals surface area contributed by atoms with Gasteiger partial charge in [0.15, 0.2) is 0 Å². The molecule has 2 heterocycles. The van der Waals surface area contributed by atoms with Gasteiger partial charge in [0, 0.05) is 7.05 Å². The van der Waals surface area contributed by atoms with Crippen molar-refractivity contribution in [3.8, 4) is 5.69 Å². The lowest BCUT2D eigenvalue weighted by atomic mass is 9.81. The maximum atomic E-state index is 12.8. The number of amides is 3. The second-order valence-corrected chi connectivity index (χ2v) is 7.87. The van der Waals surface area contributed by atoms with Crippen LogP contribution in [0.5, 0.6) is 0 Å². The van der Waals surface area contributed by atoms with E-state index in [0.29, 0.717) is 0 Å². The van der Waals surface area contributed by atoms with Gasteiger partial charge in [-0.1, -0.05) is 25.0 Å². The number of benzene rings is 1. The Labute approximate surface area is 169 Å². The molecule has 3 amide bonds. The van der Waals surface area contributed by atoms with Gasteiger partial charge >= 0.3 is 0 Å². The Balaban J connectivity index is 1.42. The van der Waals surface area contributed by atoms with E-state index in [4.69, 9.17) is 0 Å². The zero-order chi connectivity index (χ0) is 20.5. The molecule has 1 aliphatic heterocycles. The van der Waals surface area contributed by atoms with Crippen LogP contribution in [0.1, 0.15) is 44.2 Å². The third-order valence-corrected chi connectivity index (χ3v) is 6.26. The van der Waals surface area contributed by atoms with Crippen molar-refractivity contribution in [2.75, 3.05) is 13.6 Å². The highest BCUT2D eigenvalue weighted by Crippen LogP contribution is 2.38. The smallest absolute Gasteiger partial charge is 0.242 e. The molecule has 152 valence electrons. The number of rotatable bonds is 5. The van der Waals surface area contributed by atoms with Crippen LogP contribution in [0.2, 0.25) is 0 Å². The SMILES string of the molecule is C[C@H](c1ccc(-n2cncn2)cc1)N(C)C(=O)CN1C(=O)[C@H]2CCCC[C@H]2C1=O. The quantitative estimate of drug-likeness (QED) is 0.722. The van der Waals surface area contributed by atoms with Gasteiger partial charge in [-0.25, -0.2) is 9.67 Å². The highest BCUT2D eigenvalue weighted by Gasteiger charge is 2.48. The number of likely N-dealkylation sites (N-methyl/N-ethyl adjacent to an activating group) is 1. The molecule has 1 saturated carbocycles. The van der Waals surface area contributed by atoms with E-state index in [1.165, 1.54) is 11.2 Å². The number of likely N-dealkylation sites (tertiary alicyclic amines) is 1. The zero-order valence-corrected chi connectivity index (χ0v) is 16.7. The van der Waals surface area contributed by atoms with Gasteiger partial charge in [0.05, 0.1) is 23.6 Å². The molecule has 0 spiro atoms. The first-order chi connectivity index (χ1) is 14.0. The van der Waals surface area contributed by atoms with Crippen LogP contribution in [-0.4, -0.2) is 55.9 Å². The van der Waals surface area contributed by atoms with E-state index in [2.05, 4.69) is 10.1 Å². The van der Waals surface area contributed by atoms with Crippen molar-refractivity contribution in [3.63, 3.8) is 0 Å². The second kappa shape index (κ2) is 7.77. The Morgan fingerprint density at radius 1 is 1.14 bits per heavy atom. The van der Waals surface area contributed by atoms with Crippen molar-refractivity contribution in [3.05, 3.63) is 42.5 Å². The molecule has 0 radical (unpaired) electrons. The van der Waals surface area contributed by atoms with Crippen LogP contribution in [0.15, 0.2) is 36.9 Å². The summed E-state index contributed by atoms with van der Waals surface area (Å²) in [6.07, 6.45) is 6.55. The molecule has 0 N–H and O–H groups in total. The average Bonchev–Trinajstić information content (AvgIpc) is 3.37. The fourth-order valence-electron chi connectivity index (χ4n) is 4.32. The highest BCUT2D eigenvalue weighted by molar-refractivity contribution is 6.07. The minimum atomic E-state index is -0.238. The van der Waals surface area contributed by atoms with E-state index < -0.39 is 0 Å². The second-order valence-electron chi connectivity index (χ2n) is 7.87. The number of imide groups is 1. The van der Waals surface area contributed by atoms with E-state index in [0.717, 1.165) is 36.9 Å². The minimum Gasteiger partial charge on any atom is -0.337 e. The van der Waals surface area contributed by atoms with Gasteiger partial charge < -0.3 is 4.90 Å². The maximum Gasteiger partial charge on any atom is 0.242 e. The molecule has 3 atom stereocenters. The molecule has 1 saturated heterocycles. The molecule has 2 aliphatic rings. The first-order valence-electron chi connectivity index (χ1n) is 10.0. The fraction of sp³-hybridized carbons (Fsp3) is 0.476. The minimum absolute atomic E-state index is 0.175. The number of hydrogen-bond acceptors (Lipinski definition) is 5. The highest BCUT2D eigenvalue weighted by atomic mass is 16.2. The summed E-state index contributed by atoms with van der Waals surface area (Å²) in [5.41, 5.74) is 1.83. The van der Waals surface area contributed by atoms with Crippen molar-refractivity contribution in [1.82, 2.24) is 24.6 Å². The molecular formula is C21H25N5O3. The van der Waals surface area contributed by atoms with Crippen LogP contribution in [-0.2, 0) is 14.4 Å². The summed E-state index contributed by atoms with van der Waals surface area (Å²) in [6, 6.07) is 7.51. The van der Waals surface area contributed by atoms with Crippen molar-refractivity contribution in [1.29, 1.82) is 0 Å². The number of aromatic nitrogens is 3. The molecule has 2 aromatic rings. The summed E-state index contributed by atoms with van der Waals surface area (Å²) in [7, 11) is 1.70. The number of carbonyl (C=O) groups excluding carboxylic acids is 3. The molecule has 1 aromatic carbocycles. The predicted molar refractivity (Wildman–Crippen MR) is 105 cm³/mol. The van der Waals surface area contributed by atoms with Crippen molar-refractivity contribution < 1.29 is 14.4 Å². The Kier molecular flexibility index (Phi) is 5.17. The lowest BCUT2D eigenvalue weighted by molar-refractivity contribution is -0.146. The number of nitrogens with zero attached hydrogens (tertiary/aromatic N) is 5. The summed E-state index contributed by atoms with van der Waals surface area (Å²) >= 11 is 0. The van der Waals surface area contributed by atoms with Gasteiger partial charge in [-0.3, -0.25) is 19.3 Å². The van der Waals surface area contributed by atoms with Gasteiger partial charge in [-0.2, -0.15) is 5.10 Å². The Morgan fingerprint density at radius 3 is 2.31 bits per heavy atom. The molecule has 8 nitrogen and oxygen atoms in total. The van der Waals surface area contributed by atoms with Gasteiger partial charge in [0.25, 0.3) is 0 Å². The van der Waals surface area contributed by atoms with Crippen LogP contribution in [0.3, 0.4) is 0 Å². The van der Waals surface area contributed by atoms with Gasteiger partial charge in [-0.05, 0) is 37.5 Å². The summed E-state index contributed by atoms with van der Waals surface area (Å²) in [4.78, 5) is 44.8. The topological polar surface area (TPSA) is 88.4 Å². The predicted octanol–water partition coefficient (Wildman–Crippen LogP) is 1.96. The Bertz CT molecular complexity index is 885. The molecule has 4 rings (SSSR count). The first kappa shape index (κ1) is 19.3. The molecule has 1 aliphatic carbocycles. The van der Waals surface area contributed by atoms with Gasteiger partial charge in [0.2, 0.25) is 17.7 Å². The van der Waals surface area contributed by atoms with Crippen LogP contribution >= 0.6 is 0 Å². The summed E-state index contributed by atoms with van der Waals surface area (Å²) in [6.45, 7) is 1.75. The summed E-state index contributed by atoms with van der Waals surface area (Å²) in [5, 5.41) is 4.10. The first-order valence-corrected chi connectivity index (χ1v) is 10.0. The third-order valence-electron chi connectivity index (χ3n) is 6.26. The Hall–Kier alpha value is -3.03. The zero-order valence-electron chi connectivity index (χ0n) is 16.7. The van der Waals surface area contributed by atoms with Crippen LogP contribution in [0.25, 0.3) is 5.69 Å². The Morgan fingerprint density at radius 2 is 1.76 bits per heavy atom. The average molecular weight is 395 g/mol. The number of fused-ring (bicyclic) bond motifs is 1. The normalized spacial score (nSPS) is 22.5. The van der Waals surface area contributed by atoms with E-state index in [1.807, 2.05) is 31.2 Å². The number of carbonyl (C=O) groups is 3. The van der Waals surface area contributed by atoms with E-state index in [-0.39, 0.29) is 42.1 Å². The van der Waals surface area contributed by atoms with Crippen molar-refractivity contribution in [2.45, 2.75) is 38.6 Å². The lowest BCUT2D eigenvalue weighted by Gasteiger charge is -2.27. The molecule has 2 fully saturated rings. The number of hydrogen-bond donors (Lipinski definition) is 0. The largest absolute Gasteiger partial charge is 0.337 e. The monoisotopic (exact) mass is 395 g/mol. The van der Waals surface area contributed by atoms with Gasteiger partial charge in [-0.15, -0.1) is 0 Å².